The summed E-state index contributed by atoms with van der Waals surface area (Å²) >= 11 is 3.38. The Hall–Kier alpha value is -1.81. The van der Waals surface area contributed by atoms with Gasteiger partial charge in [0.15, 0.2) is 0 Å². The second kappa shape index (κ2) is 6.21. The van der Waals surface area contributed by atoms with Gasteiger partial charge in [-0.1, -0.05) is 46.3 Å². The van der Waals surface area contributed by atoms with E-state index in [0.29, 0.717) is 12.3 Å². The molecule has 0 atom stereocenters. The van der Waals surface area contributed by atoms with E-state index in [0.717, 1.165) is 10.0 Å². The van der Waals surface area contributed by atoms with Gasteiger partial charge >= 0.3 is 6.09 Å². The van der Waals surface area contributed by atoms with E-state index in [9.17, 15) is 4.79 Å². The monoisotopic (exact) mass is 305 g/mol. The number of rotatable bonds is 3. The number of hydrogen-bond acceptors (Lipinski definition) is 2. The first-order valence-electron chi connectivity index (χ1n) is 5.49. The van der Waals surface area contributed by atoms with Crippen molar-refractivity contribution in [1.29, 1.82) is 0 Å². The third kappa shape index (κ3) is 3.89. The molecular weight excluding hydrogens is 294 g/mol. The zero-order valence-electron chi connectivity index (χ0n) is 9.60. The van der Waals surface area contributed by atoms with Crippen molar-refractivity contribution in [2.75, 3.05) is 0 Å². The normalized spacial score (nSPS) is 9.83. The SMILES string of the molecule is O=C(NCc1cccc(Br)c1)Oc1ccccc1. The minimum atomic E-state index is -0.457. The molecule has 0 unspecified atom stereocenters. The summed E-state index contributed by atoms with van der Waals surface area (Å²) in [5.41, 5.74) is 1.01. The maximum atomic E-state index is 11.5. The van der Waals surface area contributed by atoms with E-state index < -0.39 is 6.09 Å². The van der Waals surface area contributed by atoms with Gasteiger partial charge in [0.1, 0.15) is 5.75 Å². The molecular formula is C14H12BrNO2. The fourth-order valence-electron chi connectivity index (χ4n) is 1.45. The van der Waals surface area contributed by atoms with Crippen molar-refractivity contribution in [3.63, 3.8) is 0 Å². The highest BCUT2D eigenvalue weighted by Crippen LogP contribution is 2.12. The summed E-state index contributed by atoms with van der Waals surface area (Å²) in [6.45, 7) is 0.436. The lowest BCUT2D eigenvalue weighted by Gasteiger charge is -2.06. The quantitative estimate of drug-likeness (QED) is 0.938. The van der Waals surface area contributed by atoms with Crippen LogP contribution in [0.1, 0.15) is 5.56 Å². The first-order valence-corrected chi connectivity index (χ1v) is 6.28. The van der Waals surface area contributed by atoms with Crippen LogP contribution >= 0.6 is 15.9 Å². The number of carbonyl (C=O) groups is 1. The van der Waals surface area contributed by atoms with E-state index >= 15 is 0 Å². The zero-order chi connectivity index (χ0) is 12.8. The minimum absolute atomic E-state index is 0.436. The number of benzene rings is 2. The molecule has 0 aliphatic rings. The fourth-order valence-corrected chi connectivity index (χ4v) is 1.90. The first-order chi connectivity index (χ1) is 8.74. The molecule has 2 aromatic rings. The highest BCUT2D eigenvalue weighted by atomic mass is 79.9. The lowest BCUT2D eigenvalue weighted by atomic mass is 10.2. The van der Waals surface area contributed by atoms with Gasteiger partial charge in [-0.05, 0) is 29.8 Å². The van der Waals surface area contributed by atoms with E-state index in [-0.39, 0.29) is 0 Å². The Balaban J connectivity index is 1.85. The van der Waals surface area contributed by atoms with Crippen LogP contribution in [-0.2, 0) is 6.54 Å². The Morgan fingerprint density at radius 3 is 2.61 bits per heavy atom. The average molecular weight is 306 g/mol. The van der Waals surface area contributed by atoms with Crippen molar-refractivity contribution in [3.8, 4) is 5.75 Å². The molecule has 2 aromatic carbocycles. The highest BCUT2D eigenvalue weighted by Gasteiger charge is 2.03. The van der Waals surface area contributed by atoms with Gasteiger partial charge < -0.3 is 10.1 Å². The maximum Gasteiger partial charge on any atom is 0.412 e. The second-order valence-electron chi connectivity index (χ2n) is 3.69. The third-order valence-electron chi connectivity index (χ3n) is 2.28. The molecule has 0 aliphatic carbocycles. The van der Waals surface area contributed by atoms with Crippen LogP contribution in [-0.4, -0.2) is 6.09 Å². The number of hydrogen-bond donors (Lipinski definition) is 1. The Kier molecular flexibility index (Phi) is 4.36. The Morgan fingerprint density at radius 1 is 1.11 bits per heavy atom. The molecule has 18 heavy (non-hydrogen) atoms. The van der Waals surface area contributed by atoms with Gasteiger partial charge in [-0.15, -0.1) is 0 Å². The summed E-state index contributed by atoms with van der Waals surface area (Å²) in [6.07, 6.45) is -0.457. The van der Waals surface area contributed by atoms with Crippen molar-refractivity contribution in [3.05, 3.63) is 64.6 Å². The van der Waals surface area contributed by atoms with Gasteiger partial charge in [0, 0.05) is 11.0 Å². The standard InChI is InChI=1S/C14H12BrNO2/c15-12-6-4-5-11(9-12)10-16-14(17)18-13-7-2-1-3-8-13/h1-9H,10H2,(H,16,17). The first kappa shape index (κ1) is 12.6. The van der Waals surface area contributed by atoms with Gasteiger partial charge in [0.05, 0.1) is 0 Å². The second-order valence-corrected chi connectivity index (χ2v) is 4.60. The molecule has 0 spiro atoms. The fraction of sp³-hybridized carbons (Fsp3) is 0.0714. The van der Waals surface area contributed by atoms with Crippen LogP contribution in [0.3, 0.4) is 0 Å². The minimum Gasteiger partial charge on any atom is -0.410 e. The van der Waals surface area contributed by atoms with Crippen molar-refractivity contribution >= 4 is 22.0 Å². The van der Waals surface area contributed by atoms with Gasteiger partial charge in [-0.3, -0.25) is 0 Å². The number of halogens is 1. The molecule has 0 bridgehead atoms. The maximum absolute atomic E-state index is 11.5. The predicted octanol–water partition coefficient (Wildman–Crippen LogP) is 3.74. The molecule has 0 heterocycles. The van der Waals surface area contributed by atoms with Crippen LogP contribution in [0.2, 0.25) is 0 Å². The summed E-state index contributed by atoms with van der Waals surface area (Å²) in [4.78, 5) is 11.5. The van der Waals surface area contributed by atoms with E-state index in [2.05, 4.69) is 21.2 Å². The van der Waals surface area contributed by atoms with Crippen LogP contribution < -0.4 is 10.1 Å². The highest BCUT2D eigenvalue weighted by molar-refractivity contribution is 9.10. The molecule has 0 saturated heterocycles. The summed E-state index contributed by atoms with van der Waals surface area (Å²) in [5, 5.41) is 2.69. The molecule has 0 radical (unpaired) electrons. The lowest BCUT2D eigenvalue weighted by molar-refractivity contribution is 0.200. The molecule has 2 rings (SSSR count). The van der Waals surface area contributed by atoms with Crippen molar-refractivity contribution in [2.45, 2.75) is 6.54 Å². The molecule has 4 heteroatoms. The third-order valence-corrected chi connectivity index (χ3v) is 2.77. The largest absolute Gasteiger partial charge is 0.412 e. The molecule has 92 valence electrons. The number of carbonyl (C=O) groups excluding carboxylic acids is 1. The molecule has 0 saturated carbocycles. The summed E-state index contributed by atoms with van der Waals surface area (Å²) in [7, 11) is 0. The Morgan fingerprint density at radius 2 is 1.89 bits per heavy atom. The molecule has 3 nitrogen and oxygen atoms in total. The van der Waals surface area contributed by atoms with Crippen molar-refractivity contribution < 1.29 is 9.53 Å². The predicted molar refractivity (Wildman–Crippen MR) is 73.4 cm³/mol. The molecule has 0 fully saturated rings. The van der Waals surface area contributed by atoms with Crippen LogP contribution in [0.4, 0.5) is 4.79 Å². The average Bonchev–Trinajstić information content (AvgIpc) is 2.38. The number of nitrogens with one attached hydrogen (secondary N) is 1. The number of ether oxygens (including phenoxy) is 1. The Labute approximate surface area is 114 Å². The smallest absolute Gasteiger partial charge is 0.410 e. The van der Waals surface area contributed by atoms with Crippen LogP contribution in [0, 0.1) is 0 Å². The van der Waals surface area contributed by atoms with Gasteiger partial charge in [-0.2, -0.15) is 0 Å². The van der Waals surface area contributed by atoms with Crippen molar-refractivity contribution in [1.82, 2.24) is 5.32 Å². The number of amides is 1. The van der Waals surface area contributed by atoms with Gasteiger partial charge in [0.25, 0.3) is 0 Å². The summed E-state index contributed by atoms with van der Waals surface area (Å²) < 4.78 is 6.09. The van der Waals surface area contributed by atoms with E-state index in [1.165, 1.54) is 0 Å². The summed E-state index contributed by atoms with van der Waals surface area (Å²) in [6, 6.07) is 16.7. The van der Waals surface area contributed by atoms with E-state index in [4.69, 9.17) is 4.74 Å². The number of para-hydroxylation sites is 1. The van der Waals surface area contributed by atoms with E-state index in [1.54, 1.807) is 12.1 Å². The topological polar surface area (TPSA) is 38.3 Å². The van der Waals surface area contributed by atoms with Crippen LogP contribution in [0.25, 0.3) is 0 Å². The molecule has 0 aliphatic heterocycles. The lowest BCUT2D eigenvalue weighted by Crippen LogP contribution is -2.26. The molecule has 0 aromatic heterocycles. The van der Waals surface area contributed by atoms with Crippen molar-refractivity contribution in [2.24, 2.45) is 0 Å². The zero-order valence-corrected chi connectivity index (χ0v) is 11.2. The van der Waals surface area contributed by atoms with Gasteiger partial charge in [-0.25, -0.2) is 4.79 Å². The molecule has 1 N–H and O–H groups in total. The Bertz CT molecular complexity index is 528. The van der Waals surface area contributed by atoms with Crippen LogP contribution in [0.5, 0.6) is 5.75 Å². The molecule has 1 amide bonds. The van der Waals surface area contributed by atoms with Gasteiger partial charge in [0.2, 0.25) is 0 Å². The van der Waals surface area contributed by atoms with Crippen LogP contribution in [0.15, 0.2) is 59.1 Å². The summed E-state index contributed by atoms with van der Waals surface area (Å²) in [5.74, 6) is 0.532. The van der Waals surface area contributed by atoms with E-state index in [1.807, 2.05) is 42.5 Å².